The Morgan fingerprint density at radius 3 is 2.74 bits per heavy atom. The highest BCUT2D eigenvalue weighted by Gasteiger charge is 2.36. The average molecular weight is 267 g/mol. The molecule has 0 aromatic heterocycles. The summed E-state index contributed by atoms with van der Waals surface area (Å²) < 4.78 is 5.27. The van der Waals surface area contributed by atoms with E-state index in [1.165, 1.54) is 44.9 Å². The Hall–Kier alpha value is -0.570. The van der Waals surface area contributed by atoms with E-state index in [9.17, 15) is 4.79 Å². The van der Waals surface area contributed by atoms with Gasteiger partial charge in [0.15, 0.2) is 0 Å². The van der Waals surface area contributed by atoms with Crippen molar-refractivity contribution in [2.24, 2.45) is 5.92 Å². The minimum absolute atomic E-state index is 0.0146. The van der Waals surface area contributed by atoms with Crippen molar-refractivity contribution in [1.29, 1.82) is 0 Å². The third kappa shape index (κ3) is 3.71. The summed E-state index contributed by atoms with van der Waals surface area (Å²) in [5.74, 6) is 0.879. The fourth-order valence-electron chi connectivity index (χ4n) is 3.82. The summed E-state index contributed by atoms with van der Waals surface area (Å²) in [5.41, 5.74) is 0. The summed E-state index contributed by atoms with van der Waals surface area (Å²) in [4.78, 5) is 14.6. The Morgan fingerprint density at radius 2 is 2.00 bits per heavy atom. The molecule has 0 amide bonds. The predicted molar refractivity (Wildman–Crippen MR) is 77.0 cm³/mol. The summed E-state index contributed by atoms with van der Waals surface area (Å²) in [6.07, 6.45) is 9.95. The van der Waals surface area contributed by atoms with Crippen LogP contribution in [0.3, 0.4) is 0 Å². The first-order valence-corrected chi connectivity index (χ1v) is 8.18. The van der Waals surface area contributed by atoms with Gasteiger partial charge in [-0.1, -0.05) is 32.6 Å². The molecule has 2 rings (SSSR count). The SMILES string of the molecule is CCOC(=O)C1CCCCN1C1CCCC(CC)C1. The molecule has 2 aliphatic rings. The van der Waals surface area contributed by atoms with Crippen molar-refractivity contribution < 1.29 is 9.53 Å². The molecule has 2 fully saturated rings. The fourth-order valence-corrected chi connectivity index (χ4v) is 3.82. The molecule has 3 unspecified atom stereocenters. The van der Waals surface area contributed by atoms with Crippen LogP contribution in [0.4, 0.5) is 0 Å². The van der Waals surface area contributed by atoms with Crippen LogP contribution in [0.25, 0.3) is 0 Å². The molecule has 1 saturated heterocycles. The van der Waals surface area contributed by atoms with Gasteiger partial charge in [0.25, 0.3) is 0 Å². The number of hydrogen-bond acceptors (Lipinski definition) is 3. The standard InChI is InChI=1S/C16H29NO2/c1-3-13-8-7-9-14(12-13)17-11-6-5-10-15(17)16(18)19-4-2/h13-15H,3-12H2,1-2H3. The summed E-state index contributed by atoms with van der Waals surface area (Å²) in [6.45, 7) is 5.79. The highest BCUT2D eigenvalue weighted by atomic mass is 16.5. The Kier molecular flexibility index (Phi) is 5.68. The second kappa shape index (κ2) is 7.28. The Bertz CT molecular complexity index is 292. The summed E-state index contributed by atoms with van der Waals surface area (Å²) in [6, 6.07) is 0.655. The van der Waals surface area contributed by atoms with Crippen molar-refractivity contribution in [2.45, 2.75) is 77.3 Å². The number of piperidine rings is 1. The smallest absolute Gasteiger partial charge is 0.323 e. The lowest BCUT2D eigenvalue weighted by molar-refractivity contribution is -0.152. The topological polar surface area (TPSA) is 29.5 Å². The number of hydrogen-bond donors (Lipinski definition) is 0. The van der Waals surface area contributed by atoms with Crippen LogP contribution in [-0.4, -0.2) is 36.1 Å². The van der Waals surface area contributed by atoms with Crippen LogP contribution in [0.1, 0.15) is 65.2 Å². The zero-order valence-electron chi connectivity index (χ0n) is 12.6. The van der Waals surface area contributed by atoms with E-state index in [-0.39, 0.29) is 12.0 Å². The maximum atomic E-state index is 12.1. The lowest BCUT2D eigenvalue weighted by Gasteiger charge is -2.43. The van der Waals surface area contributed by atoms with Crippen molar-refractivity contribution in [3.8, 4) is 0 Å². The number of rotatable bonds is 4. The molecule has 0 radical (unpaired) electrons. The van der Waals surface area contributed by atoms with Crippen LogP contribution >= 0.6 is 0 Å². The second-order valence-corrected chi connectivity index (χ2v) is 6.10. The van der Waals surface area contributed by atoms with Crippen LogP contribution in [0.5, 0.6) is 0 Å². The lowest BCUT2D eigenvalue weighted by Crippen LogP contribution is -2.51. The maximum absolute atomic E-state index is 12.1. The molecule has 1 heterocycles. The highest BCUT2D eigenvalue weighted by Crippen LogP contribution is 2.33. The van der Waals surface area contributed by atoms with Crippen molar-refractivity contribution in [1.82, 2.24) is 4.90 Å². The molecule has 0 aromatic carbocycles. The third-order valence-corrected chi connectivity index (χ3v) is 4.90. The van der Waals surface area contributed by atoms with Crippen molar-refractivity contribution in [2.75, 3.05) is 13.2 Å². The average Bonchev–Trinajstić information content (AvgIpc) is 2.47. The monoisotopic (exact) mass is 267 g/mol. The van der Waals surface area contributed by atoms with E-state index in [0.717, 1.165) is 18.9 Å². The number of esters is 1. The van der Waals surface area contributed by atoms with Crippen LogP contribution in [0.2, 0.25) is 0 Å². The molecule has 110 valence electrons. The highest BCUT2D eigenvalue weighted by molar-refractivity contribution is 5.75. The van der Waals surface area contributed by atoms with Gasteiger partial charge in [-0.3, -0.25) is 9.69 Å². The fraction of sp³-hybridized carbons (Fsp3) is 0.938. The molecular weight excluding hydrogens is 238 g/mol. The molecule has 1 aliphatic carbocycles. The van der Waals surface area contributed by atoms with Crippen molar-refractivity contribution in [3.05, 3.63) is 0 Å². The van der Waals surface area contributed by atoms with Crippen LogP contribution in [0, 0.1) is 5.92 Å². The van der Waals surface area contributed by atoms with Crippen LogP contribution in [0.15, 0.2) is 0 Å². The normalized spacial score (nSPS) is 33.1. The first-order chi connectivity index (χ1) is 9.26. The third-order valence-electron chi connectivity index (χ3n) is 4.90. The van der Waals surface area contributed by atoms with Gasteiger partial charge in [0.1, 0.15) is 6.04 Å². The molecule has 0 bridgehead atoms. The molecule has 0 aromatic rings. The summed E-state index contributed by atoms with van der Waals surface area (Å²) >= 11 is 0. The quantitative estimate of drug-likeness (QED) is 0.731. The van der Waals surface area contributed by atoms with E-state index in [4.69, 9.17) is 4.74 Å². The van der Waals surface area contributed by atoms with Gasteiger partial charge in [0.05, 0.1) is 6.61 Å². The minimum atomic E-state index is 0.0146. The molecule has 3 atom stereocenters. The second-order valence-electron chi connectivity index (χ2n) is 6.10. The van der Waals surface area contributed by atoms with Gasteiger partial charge in [0.2, 0.25) is 0 Å². The zero-order valence-corrected chi connectivity index (χ0v) is 12.6. The first-order valence-electron chi connectivity index (χ1n) is 8.18. The van der Waals surface area contributed by atoms with Crippen LogP contribution < -0.4 is 0 Å². The molecule has 0 spiro atoms. The maximum Gasteiger partial charge on any atom is 0.323 e. The molecule has 3 heteroatoms. The number of carbonyl (C=O) groups is 1. The Balaban J connectivity index is 2.00. The van der Waals surface area contributed by atoms with Gasteiger partial charge in [0, 0.05) is 6.04 Å². The molecule has 1 aliphatic heterocycles. The van der Waals surface area contributed by atoms with E-state index in [2.05, 4.69) is 11.8 Å². The largest absolute Gasteiger partial charge is 0.465 e. The first kappa shape index (κ1) is 14.8. The van der Waals surface area contributed by atoms with Gasteiger partial charge < -0.3 is 4.74 Å². The van der Waals surface area contributed by atoms with Gasteiger partial charge in [-0.2, -0.15) is 0 Å². The van der Waals surface area contributed by atoms with Gasteiger partial charge in [-0.05, 0) is 45.1 Å². The molecular formula is C16H29NO2. The molecule has 0 N–H and O–H groups in total. The molecule has 3 nitrogen and oxygen atoms in total. The number of nitrogens with zero attached hydrogens (tertiary/aromatic N) is 1. The number of likely N-dealkylation sites (tertiary alicyclic amines) is 1. The van der Waals surface area contributed by atoms with Crippen LogP contribution in [-0.2, 0) is 9.53 Å². The van der Waals surface area contributed by atoms with E-state index in [1.54, 1.807) is 0 Å². The van der Waals surface area contributed by atoms with E-state index in [0.29, 0.717) is 12.6 Å². The summed E-state index contributed by atoms with van der Waals surface area (Å²) in [5, 5.41) is 0. The molecule has 19 heavy (non-hydrogen) atoms. The van der Waals surface area contributed by atoms with Crippen molar-refractivity contribution >= 4 is 5.97 Å². The number of carbonyl (C=O) groups excluding carboxylic acids is 1. The summed E-state index contributed by atoms with van der Waals surface area (Å²) in [7, 11) is 0. The van der Waals surface area contributed by atoms with Gasteiger partial charge in [-0.25, -0.2) is 0 Å². The minimum Gasteiger partial charge on any atom is -0.465 e. The Morgan fingerprint density at radius 1 is 1.16 bits per heavy atom. The Labute approximate surface area is 117 Å². The molecule has 1 saturated carbocycles. The predicted octanol–water partition coefficient (Wildman–Crippen LogP) is 3.37. The zero-order chi connectivity index (χ0) is 13.7. The number of ether oxygens (including phenoxy) is 1. The van der Waals surface area contributed by atoms with E-state index in [1.807, 2.05) is 6.92 Å². The lowest BCUT2D eigenvalue weighted by atomic mass is 9.82. The van der Waals surface area contributed by atoms with Gasteiger partial charge >= 0.3 is 5.97 Å². The van der Waals surface area contributed by atoms with Gasteiger partial charge in [-0.15, -0.1) is 0 Å². The van der Waals surface area contributed by atoms with E-state index >= 15 is 0 Å². The van der Waals surface area contributed by atoms with Crippen molar-refractivity contribution in [3.63, 3.8) is 0 Å². The van der Waals surface area contributed by atoms with E-state index < -0.39 is 0 Å².